The number of benzene rings is 1. The van der Waals surface area contributed by atoms with E-state index < -0.39 is 5.97 Å². The van der Waals surface area contributed by atoms with E-state index >= 15 is 0 Å². The number of carbonyl (C=O) groups is 1. The number of nitrogens with zero attached hydrogens (tertiary/aromatic N) is 1. The third-order valence-corrected chi connectivity index (χ3v) is 3.91. The molecular weight excluding hydrogens is 222 g/mol. The molecule has 16 heavy (non-hydrogen) atoms. The Morgan fingerprint density at radius 2 is 2.12 bits per heavy atom. The van der Waals surface area contributed by atoms with Crippen molar-refractivity contribution in [3.8, 4) is 0 Å². The van der Waals surface area contributed by atoms with Crippen molar-refractivity contribution >= 4 is 23.4 Å². The number of rotatable bonds is 2. The van der Waals surface area contributed by atoms with Crippen molar-refractivity contribution in [3.63, 3.8) is 0 Å². The smallest absolute Gasteiger partial charge is 0.318 e. The lowest BCUT2D eigenvalue weighted by atomic mass is 10.2. The first-order valence-corrected chi connectivity index (χ1v) is 6.38. The summed E-state index contributed by atoms with van der Waals surface area (Å²) in [5.74, 6) is 0.173. The molecule has 86 valence electrons. The second-order valence-electron chi connectivity index (χ2n) is 3.98. The summed E-state index contributed by atoms with van der Waals surface area (Å²) in [6, 6.07) is 8.24. The molecule has 1 aromatic rings. The molecule has 1 heterocycles. The number of thioether (sulfide) groups is 1. The largest absolute Gasteiger partial charge is 0.480 e. The van der Waals surface area contributed by atoms with Crippen molar-refractivity contribution in [1.29, 1.82) is 0 Å². The zero-order valence-electron chi connectivity index (χ0n) is 9.22. The van der Waals surface area contributed by atoms with Crippen molar-refractivity contribution in [1.82, 2.24) is 0 Å². The van der Waals surface area contributed by atoms with Crippen molar-refractivity contribution < 1.29 is 9.90 Å². The first-order valence-electron chi connectivity index (χ1n) is 5.33. The lowest BCUT2D eigenvalue weighted by Crippen LogP contribution is -2.41. The van der Waals surface area contributed by atoms with Crippen LogP contribution in [0.15, 0.2) is 24.3 Å². The van der Waals surface area contributed by atoms with Crippen molar-refractivity contribution in [2.45, 2.75) is 12.2 Å². The van der Waals surface area contributed by atoms with E-state index in [1.54, 1.807) is 0 Å². The first kappa shape index (κ1) is 11.3. The lowest BCUT2D eigenvalue weighted by Gasteiger charge is -2.32. The van der Waals surface area contributed by atoms with E-state index in [0.717, 1.165) is 18.0 Å². The molecule has 1 aliphatic heterocycles. The highest BCUT2D eigenvalue weighted by Gasteiger charge is 2.25. The van der Waals surface area contributed by atoms with E-state index in [1.807, 2.05) is 0 Å². The highest BCUT2D eigenvalue weighted by atomic mass is 32.2. The van der Waals surface area contributed by atoms with Gasteiger partial charge in [0.1, 0.15) is 5.25 Å². The van der Waals surface area contributed by atoms with Crippen LogP contribution in [0.3, 0.4) is 0 Å². The highest BCUT2D eigenvalue weighted by Crippen LogP contribution is 2.24. The summed E-state index contributed by atoms with van der Waals surface area (Å²) < 4.78 is 0. The van der Waals surface area contributed by atoms with Crippen LogP contribution in [-0.4, -0.2) is 35.2 Å². The second-order valence-corrected chi connectivity index (χ2v) is 5.29. The maximum absolute atomic E-state index is 10.9. The Bertz CT molecular complexity index is 377. The topological polar surface area (TPSA) is 40.5 Å². The van der Waals surface area contributed by atoms with Gasteiger partial charge in [0.15, 0.2) is 0 Å². The summed E-state index contributed by atoms with van der Waals surface area (Å²) >= 11 is 1.53. The van der Waals surface area contributed by atoms with E-state index in [1.165, 1.54) is 17.3 Å². The minimum Gasteiger partial charge on any atom is -0.480 e. The van der Waals surface area contributed by atoms with E-state index in [9.17, 15) is 4.79 Å². The predicted octanol–water partition coefficient (Wildman–Crippen LogP) is 2.00. The Morgan fingerprint density at radius 3 is 2.75 bits per heavy atom. The van der Waals surface area contributed by atoms with Gasteiger partial charge in [-0.3, -0.25) is 4.79 Å². The number of hydrogen-bond donors (Lipinski definition) is 1. The molecule has 1 unspecified atom stereocenters. The van der Waals surface area contributed by atoms with Crippen LogP contribution in [0.5, 0.6) is 0 Å². The number of aryl methyl sites for hydroxylation is 1. The Balaban J connectivity index is 2.09. The third-order valence-electron chi connectivity index (χ3n) is 2.74. The zero-order valence-corrected chi connectivity index (χ0v) is 10.0. The molecule has 0 radical (unpaired) electrons. The van der Waals surface area contributed by atoms with Gasteiger partial charge in [-0.15, -0.1) is 11.8 Å². The van der Waals surface area contributed by atoms with Gasteiger partial charge in [-0.25, -0.2) is 0 Å². The summed E-state index contributed by atoms with van der Waals surface area (Å²) in [6.45, 7) is 3.58. The third kappa shape index (κ3) is 2.50. The predicted molar refractivity (Wildman–Crippen MR) is 67.3 cm³/mol. The Labute approximate surface area is 99.5 Å². The van der Waals surface area contributed by atoms with E-state index in [-0.39, 0.29) is 5.25 Å². The van der Waals surface area contributed by atoms with Gasteiger partial charge in [0, 0.05) is 24.5 Å². The molecule has 0 bridgehead atoms. The maximum atomic E-state index is 10.9. The van der Waals surface area contributed by atoms with Crippen LogP contribution in [-0.2, 0) is 4.79 Å². The van der Waals surface area contributed by atoms with Gasteiger partial charge in [0.25, 0.3) is 0 Å². The molecule has 3 nitrogen and oxygen atoms in total. The minimum absolute atomic E-state index is 0.296. The quantitative estimate of drug-likeness (QED) is 0.854. The second kappa shape index (κ2) is 4.78. The number of hydrogen-bond acceptors (Lipinski definition) is 3. The van der Waals surface area contributed by atoms with Crippen LogP contribution in [0.2, 0.25) is 0 Å². The molecule has 1 aromatic carbocycles. The molecule has 0 amide bonds. The van der Waals surface area contributed by atoms with Crippen LogP contribution in [0.1, 0.15) is 5.56 Å². The fourth-order valence-electron chi connectivity index (χ4n) is 1.79. The highest BCUT2D eigenvalue weighted by molar-refractivity contribution is 8.00. The van der Waals surface area contributed by atoms with Gasteiger partial charge in [-0.1, -0.05) is 17.7 Å². The van der Waals surface area contributed by atoms with E-state index in [2.05, 4.69) is 36.1 Å². The molecule has 1 saturated heterocycles. The molecule has 1 aliphatic rings. The SMILES string of the molecule is Cc1ccc(N2CCSC(C(=O)O)C2)cc1. The van der Waals surface area contributed by atoms with Gasteiger partial charge in [-0.05, 0) is 19.1 Å². The van der Waals surface area contributed by atoms with Gasteiger partial charge in [0.05, 0.1) is 0 Å². The van der Waals surface area contributed by atoms with E-state index in [4.69, 9.17) is 5.11 Å². The zero-order chi connectivity index (χ0) is 11.5. The summed E-state index contributed by atoms with van der Waals surface area (Å²) in [4.78, 5) is 13.1. The monoisotopic (exact) mass is 237 g/mol. The molecule has 4 heteroatoms. The van der Waals surface area contributed by atoms with Gasteiger partial charge in [0.2, 0.25) is 0 Å². The van der Waals surface area contributed by atoms with Crippen LogP contribution in [0, 0.1) is 6.92 Å². The summed E-state index contributed by atoms with van der Waals surface area (Å²) in [6.07, 6.45) is 0. The van der Waals surface area contributed by atoms with Crippen molar-refractivity contribution in [3.05, 3.63) is 29.8 Å². The number of carboxylic acids is 1. The standard InChI is InChI=1S/C12H15NO2S/c1-9-2-4-10(5-3-9)13-6-7-16-11(8-13)12(14)15/h2-5,11H,6-8H2,1H3,(H,14,15). The first-order chi connectivity index (χ1) is 7.66. The Morgan fingerprint density at radius 1 is 1.44 bits per heavy atom. The molecule has 0 spiro atoms. The molecule has 2 rings (SSSR count). The van der Waals surface area contributed by atoms with E-state index in [0.29, 0.717) is 6.54 Å². The Kier molecular flexibility index (Phi) is 3.39. The molecule has 1 fully saturated rings. The summed E-state index contributed by atoms with van der Waals surface area (Å²) in [5, 5.41) is 8.70. The van der Waals surface area contributed by atoms with Crippen LogP contribution < -0.4 is 4.90 Å². The maximum Gasteiger partial charge on any atom is 0.318 e. The number of carboxylic acid groups (broad SMARTS) is 1. The summed E-state index contributed by atoms with van der Waals surface area (Å²) in [5.41, 5.74) is 2.35. The minimum atomic E-state index is -0.707. The molecule has 0 aliphatic carbocycles. The van der Waals surface area contributed by atoms with Crippen LogP contribution in [0.4, 0.5) is 5.69 Å². The molecule has 1 atom stereocenters. The molecular formula is C12H15NO2S. The fourth-order valence-corrected chi connectivity index (χ4v) is 2.83. The molecule has 0 saturated carbocycles. The van der Waals surface area contributed by atoms with Crippen LogP contribution in [0.25, 0.3) is 0 Å². The molecule has 1 N–H and O–H groups in total. The fraction of sp³-hybridized carbons (Fsp3) is 0.417. The van der Waals surface area contributed by atoms with Crippen molar-refractivity contribution in [2.75, 3.05) is 23.7 Å². The average Bonchev–Trinajstić information content (AvgIpc) is 2.30. The van der Waals surface area contributed by atoms with Crippen molar-refractivity contribution in [2.24, 2.45) is 0 Å². The number of aliphatic carboxylic acids is 1. The summed E-state index contributed by atoms with van der Waals surface area (Å²) in [7, 11) is 0. The number of anilines is 1. The lowest BCUT2D eigenvalue weighted by molar-refractivity contribution is -0.136. The normalized spacial score (nSPS) is 20.8. The van der Waals surface area contributed by atoms with Crippen LogP contribution >= 0.6 is 11.8 Å². The molecule has 0 aromatic heterocycles. The van der Waals surface area contributed by atoms with Gasteiger partial charge < -0.3 is 10.0 Å². The average molecular weight is 237 g/mol. The van der Waals surface area contributed by atoms with Gasteiger partial charge in [-0.2, -0.15) is 0 Å². The van der Waals surface area contributed by atoms with Gasteiger partial charge >= 0.3 is 5.97 Å². The Hall–Kier alpha value is -1.16.